The first-order chi connectivity index (χ1) is 19.1. The highest BCUT2D eigenvalue weighted by Crippen LogP contribution is 2.32. The van der Waals surface area contributed by atoms with E-state index in [1.807, 2.05) is 41.5 Å². The van der Waals surface area contributed by atoms with Crippen molar-refractivity contribution in [2.75, 3.05) is 50.6 Å². The summed E-state index contributed by atoms with van der Waals surface area (Å²) in [6, 6.07) is 16.1. The first-order valence-corrected chi connectivity index (χ1v) is 15.1. The predicted octanol–water partition coefficient (Wildman–Crippen LogP) is 5.04. The van der Waals surface area contributed by atoms with Gasteiger partial charge >= 0.3 is 0 Å². The van der Waals surface area contributed by atoms with Gasteiger partial charge in [-0.3, -0.25) is 4.79 Å². The van der Waals surface area contributed by atoms with Crippen LogP contribution in [0.25, 0.3) is 10.9 Å². The Balaban J connectivity index is 1.36. The molecular formula is C29H30N4O4S2. The molecule has 2 aliphatic rings. The van der Waals surface area contributed by atoms with Crippen molar-refractivity contribution in [1.29, 1.82) is 0 Å². The Morgan fingerprint density at radius 3 is 2.72 bits per heavy atom. The number of fused-ring (bicyclic) bond motifs is 2. The summed E-state index contributed by atoms with van der Waals surface area (Å²) in [4.78, 5) is 28.7. The number of benzene rings is 2. The molecule has 39 heavy (non-hydrogen) atoms. The minimum Gasteiger partial charge on any atom is -0.486 e. The number of pyridine rings is 1. The monoisotopic (exact) mass is 562 g/mol. The summed E-state index contributed by atoms with van der Waals surface area (Å²) in [5, 5.41) is 3.72. The first kappa shape index (κ1) is 25.9. The zero-order valence-corrected chi connectivity index (χ0v) is 23.6. The number of para-hydroxylation sites is 2. The Morgan fingerprint density at radius 1 is 1.13 bits per heavy atom. The van der Waals surface area contributed by atoms with Gasteiger partial charge in [0.2, 0.25) is 0 Å². The number of hydrogen-bond acceptors (Lipinski definition) is 9. The van der Waals surface area contributed by atoms with Crippen molar-refractivity contribution >= 4 is 45.7 Å². The number of carbonyl (C=O) groups excluding carboxylic acids is 1. The molecule has 1 amide bonds. The van der Waals surface area contributed by atoms with Crippen molar-refractivity contribution < 1.29 is 19.0 Å². The number of thioether (sulfide) groups is 1. The highest BCUT2D eigenvalue weighted by Gasteiger charge is 2.29. The second kappa shape index (κ2) is 11.4. The number of amides is 1. The van der Waals surface area contributed by atoms with Gasteiger partial charge in [-0.15, -0.1) is 23.1 Å². The zero-order chi connectivity index (χ0) is 26.8. The molecule has 10 heteroatoms. The first-order valence-electron chi connectivity index (χ1n) is 13.0. The SMILES string of the molecule is CSc1ccc2cc(CN(CC3COc4ccccc4O3)C(=O)c3csc(C)n3)c(N3CCOCC3)nc2c1. The van der Waals surface area contributed by atoms with E-state index in [1.165, 1.54) is 16.2 Å². The molecule has 0 radical (unpaired) electrons. The van der Waals surface area contributed by atoms with Crippen molar-refractivity contribution in [2.24, 2.45) is 0 Å². The largest absolute Gasteiger partial charge is 0.486 e. The van der Waals surface area contributed by atoms with Crippen LogP contribution in [0.2, 0.25) is 0 Å². The minimum absolute atomic E-state index is 0.132. The summed E-state index contributed by atoms with van der Waals surface area (Å²) < 4.78 is 17.8. The molecule has 2 aromatic carbocycles. The Bertz CT molecular complexity index is 1490. The fourth-order valence-corrected chi connectivity index (χ4v) is 5.94. The molecule has 2 aromatic heterocycles. The number of aryl methyl sites for hydroxylation is 1. The van der Waals surface area contributed by atoms with Crippen LogP contribution in [0.15, 0.2) is 58.8 Å². The molecule has 0 spiro atoms. The maximum absolute atomic E-state index is 13.8. The van der Waals surface area contributed by atoms with Crippen molar-refractivity contribution in [3.05, 3.63) is 70.2 Å². The van der Waals surface area contributed by atoms with E-state index in [2.05, 4.69) is 40.4 Å². The summed E-state index contributed by atoms with van der Waals surface area (Å²) in [5.41, 5.74) is 2.38. The average molecular weight is 563 g/mol. The fourth-order valence-electron chi connectivity index (χ4n) is 4.92. The molecule has 6 rings (SSSR count). The van der Waals surface area contributed by atoms with E-state index < -0.39 is 0 Å². The average Bonchev–Trinajstić information content (AvgIpc) is 3.42. The van der Waals surface area contributed by atoms with Crippen molar-refractivity contribution in [1.82, 2.24) is 14.9 Å². The molecule has 1 atom stereocenters. The van der Waals surface area contributed by atoms with Crippen LogP contribution in [0, 0.1) is 6.92 Å². The molecule has 4 aromatic rings. The van der Waals surface area contributed by atoms with Gasteiger partial charge in [-0.05, 0) is 43.5 Å². The molecule has 1 fully saturated rings. The fraction of sp³-hybridized carbons (Fsp3) is 0.345. The number of rotatable bonds is 7. The summed E-state index contributed by atoms with van der Waals surface area (Å²) in [6.45, 7) is 5.81. The van der Waals surface area contributed by atoms with E-state index in [1.54, 1.807) is 11.8 Å². The Labute approximate surface area is 235 Å². The van der Waals surface area contributed by atoms with E-state index in [-0.39, 0.29) is 12.0 Å². The zero-order valence-electron chi connectivity index (χ0n) is 22.0. The van der Waals surface area contributed by atoms with Gasteiger partial charge in [0.15, 0.2) is 17.6 Å². The molecular weight excluding hydrogens is 532 g/mol. The molecule has 0 saturated carbocycles. The van der Waals surface area contributed by atoms with E-state index >= 15 is 0 Å². The van der Waals surface area contributed by atoms with E-state index in [0.717, 1.165) is 46.1 Å². The van der Waals surface area contributed by atoms with Gasteiger partial charge in [0, 0.05) is 40.9 Å². The highest BCUT2D eigenvalue weighted by molar-refractivity contribution is 7.98. The maximum Gasteiger partial charge on any atom is 0.273 e. The summed E-state index contributed by atoms with van der Waals surface area (Å²) in [7, 11) is 0. The van der Waals surface area contributed by atoms with E-state index in [4.69, 9.17) is 19.2 Å². The molecule has 0 N–H and O–H groups in total. The summed E-state index contributed by atoms with van der Waals surface area (Å²) in [5.74, 6) is 2.17. The third kappa shape index (κ3) is 5.68. The number of aromatic nitrogens is 2. The third-order valence-corrected chi connectivity index (χ3v) is 8.37. The number of ether oxygens (including phenoxy) is 3. The number of nitrogens with zero attached hydrogens (tertiary/aromatic N) is 4. The molecule has 0 bridgehead atoms. The van der Waals surface area contributed by atoms with Gasteiger partial charge in [0.25, 0.3) is 5.91 Å². The lowest BCUT2D eigenvalue weighted by atomic mass is 10.1. The van der Waals surface area contributed by atoms with Gasteiger partial charge in [0.1, 0.15) is 18.1 Å². The van der Waals surface area contributed by atoms with Crippen LogP contribution in [0.5, 0.6) is 11.5 Å². The summed E-state index contributed by atoms with van der Waals surface area (Å²) >= 11 is 3.17. The highest BCUT2D eigenvalue weighted by atomic mass is 32.2. The Hall–Kier alpha value is -3.34. The van der Waals surface area contributed by atoms with Gasteiger partial charge < -0.3 is 24.0 Å². The van der Waals surface area contributed by atoms with Crippen LogP contribution in [0.4, 0.5) is 5.82 Å². The van der Waals surface area contributed by atoms with Gasteiger partial charge in [-0.2, -0.15) is 0 Å². The van der Waals surface area contributed by atoms with Crippen LogP contribution in [0.3, 0.4) is 0 Å². The van der Waals surface area contributed by atoms with Crippen molar-refractivity contribution in [3.63, 3.8) is 0 Å². The van der Waals surface area contributed by atoms with Crippen molar-refractivity contribution in [3.8, 4) is 11.5 Å². The molecule has 1 saturated heterocycles. The van der Waals surface area contributed by atoms with Crippen LogP contribution in [-0.4, -0.2) is 72.6 Å². The van der Waals surface area contributed by atoms with Crippen LogP contribution >= 0.6 is 23.1 Å². The summed E-state index contributed by atoms with van der Waals surface area (Å²) in [6.07, 6.45) is 1.75. The lowest BCUT2D eigenvalue weighted by Gasteiger charge is -2.33. The molecule has 202 valence electrons. The standard InChI is InChI=1S/C29H30N4O4S2/c1-19-30-25(18-39-19)29(34)33(16-22-17-36-26-5-3-4-6-27(26)37-22)15-21-13-20-7-8-23(38-2)14-24(20)31-28(21)32-9-11-35-12-10-32/h3-8,13-14,18,22H,9-12,15-17H2,1-2H3. The van der Waals surface area contributed by atoms with Crippen molar-refractivity contribution in [2.45, 2.75) is 24.5 Å². The normalized spacial score (nSPS) is 16.9. The molecule has 4 heterocycles. The second-order valence-electron chi connectivity index (χ2n) is 9.56. The van der Waals surface area contributed by atoms with E-state index in [0.29, 0.717) is 44.4 Å². The minimum atomic E-state index is -0.312. The third-order valence-electron chi connectivity index (χ3n) is 6.87. The van der Waals surface area contributed by atoms with E-state index in [9.17, 15) is 4.79 Å². The number of morpholine rings is 1. The quantitative estimate of drug-likeness (QED) is 0.290. The topological polar surface area (TPSA) is 77.0 Å². The number of anilines is 1. The van der Waals surface area contributed by atoms with Crippen LogP contribution in [-0.2, 0) is 11.3 Å². The molecule has 8 nitrogen and oxygen atoms in total. The van der Waals surface area contributed by atoms with Gasteiger partial charge in [-0.25, -0.2) is 9.97 Å². The molecule has 2 aliphatic heterocycles. The second-order valence-corrected chi connectivity index (χ2v) is 11.5. The predicted molar refractivity (Wildman–Crippen MR) is 155 cm³/mol. The lowest BCUT2D eigenvalue weighted by Crippen LogP contribution is -2.44. The van der Waals surface area contributed by atoms with Crippen LogP contribution in [0.1, 0.15) is 21.1 Å². The smallest absolute Gasteiger partial charge is 0.273 e. The maximum atomic E-state index is 13.8. The van der Waals surface area contributed by atoms with Gasteiger partial charge in [-0.1, -0.05) is 18.2 Å². The lowest BCUT2D eigenvalue weighted by molar-refractivity contribution is 0.0441. The van der Waals surface area contributed by atoms with Gasteiger partial charge in [0.05, 0.1) is 30.3 Å². The van der Waals surface area contributed by atoms with Crippen LogP contribution < -0.4 is 14.4 Å². The molecule has 0 aliphatic carbocycles. The number of carbonyl (C=O) groups is 1. The molecule has 1 unspecified atom stereocenters. The Kier molecular flexibility index (Phi) is 7.58. The Morgan fingerprint density at radius 2 is 1.95 bits per heavy atom. The number of hydrogen-bond donors (Lipinski definition) is 0. The number of thiazole rings is 1.